The molecule has 0 spiro atoms. The van der Waals surface area contributed by atoms with Crippen LogP contribution < -0.4 is 5.73 Å². The fourth-order valence-corrected chi connectivity index (χ4v) is 2.40. The Hall–Kier alpha value is -1.84. The second kappa shape index (κ2) is 5.21. The van der Waals surface area contributed by atoms with Crippen LogP contribution in [0.25, 0.3) is 0 Å². The largest absolute Gasteiger partial charge is 0.385 e. The van der Waals surface area contributed by atoms with Crippen LogP contribution in [0.3, 0.4) is 0 Å². The second-order valence-corrected chi connectivity index (χ2v) is 4.67. The number of nitrogens with zero attached hydrogens (tertiary/aromatic N) is 2. The van der Waals surface area contributed by atoms with E-state index in [1.165, 1.54) is 5.56 Å². The van der Waals surface area contributed by atoms with E-state index in [-0.39, 0.29) is 12.1 Å². The number of rotatable bonds is 4. The van der Waals surface area contributed by atoms with Crippen molar-refractivity contribution >= 4 is 11.9 Å². The Morgan fingerprint density at radius 1 is 1.39 bits per heavy atom. The summed E-state index contributed by atoms with van der Waals surface area (Å²) in [5, 5.41) is 0. The van der Waals surface area contributed by atoms with E-state index < -0.39 is 0 Å². The van der Waals surface area contributed by atoms with Gasteiger partial charge in [-0.15, -0.1) is 0 Å². The molecule has 4 nitrogen and oxygen atoms in total. The van der Waals surface area contributed by atoms with Crippen LogP contribution in [0.2, 0.25) is 0 Å². The first kappa shape index (κ1) is 12.6. The number of urea groups is 1. The summed E-state index contributed by atoms with van der Waals surface area (Å²) in [6.45, 7) is 4.75. The van der Waals surface area contributed by atoms with Gasteiger partial charge in [0.2, 0.25) is 0 Å². The van der Waals surface area contributed by atoms with Gasteiger partial charge in [0.15, 0.2) is 0 Å². The lowest BCUT2D eigenvalue weighted by Crippen LogP contribution is -2.41. The summed E-state index contributed by atoms with van der Waals surface area (Å²) in [5.74, 6) is 0.800. The summed E-state index contributed by atoms with van der Waals surface area (Å²) in [6.07, 6.45) is 0.818. The summed E-state index contributed by atoms with van der Waals surface area (Å²) in [7, 11) is 0. The Morgan fingerprint density at radius 2 is 2.06 bits per heavy atom. The van der Waals surface area contributed by atoms with Crippen molar-refractivity contribution in [1.82, 2.24) is 4.90 Å². The molecule has 2 amide bonds. The third kappa shape index (κ3) is 2.37. The lowest BCUT2D eigenvalue weighted by molar-refractivity contribution is 0.206. The van der Waals surface area contributed by atoms with Gasteiger partial charge < -0.3 is 10.6 Å². The zero-order chi connectivity index (χ0) is 13.1. The highest BCUT2D eigenvalue weighted by atomic mass is 16.2. The Balaban J connectivity index is 2.09. The smallest absolute Gasteiger partial charge is 0.345 e. The van der Waals surface area contributed by atoms with Crippen LogP contribution in [0, 0.1) is 0 Å². The van der Waals surface area contributed by atoms with Crippen LogP contribution >= 0.6 is 0 Å². The van der Waals surface area contributed by atoms with E-state index in [2.05, 4.69) is 24.0 Å². The van der Waals surface area contributed by atoms with Gasteiger partial charge in [0.25, 0.3) is 0 Å². The first-order valence-electron chi connectivity index (χ1n) is 6.33. The van der Waals surface area contributed by atoms with Gasteiger partial charge in [-0.1, -0.05) is 37.3 Å². The van der Waals surface area contributed by atoms with Crippen LogP contribution in [0.15, 0.2) is 35.3 Å². The van der Waals surface area contributed by atoms with Gasteiger partial charge in [-0.25, -0.2) is 4.79 Å². The fourth-order valence-electron chi connectivity index (χ4n) is 2.40. The van der Waals surface area contributed by atoms with Crippen LogP contribution in [-0.4, -0.2) is 29.4 Å². The number of likely N-dealkylation sites (N-methyl/N-ethyl adjacent to an activating group) is 1. The molecule has 2 atom stereocenters. The SMILES string of the molecule is CCN1C(=O)N=C(N)C1CC(C)c1ccccc1. The van der Waals surface area contributed by atoms with Gasteiger partial charge in [0.1, 0.15) is 5.84 Å². The molecular weight excluding hydrogens is 226 g/mol. The van der Waals surface area contributed by atoms with Gasteiger partial charge in [-0.05, 0) is 24.8 Å². The zero-order valence-electron chi connectivity index (χ0n) is 10.8. The monoisotopic (exact) mass is 245 g/mol. The summed E-state index contributed by atoms with van der Waals surface area (Å²) < 4.78 is 0. The summed E-state index contributed by atoms with van der Waals surface area (Å²) in [5.41, 5.74) is 7.11. The highest BCUT2D eigenvalue weighted by molar-refractivity contribution is 6.02. The van der Waals surface area contributed by atoms with Crippen molar-refractivity contribution in [2.75, 3.05) is 6.54 Å². The topological polar surface area (TPSA) is 58.7 Å². The molecule has 0 radical (unpaired) electrons. The molecule has 18 heavy (non-hydrogen) atoms. The van der Waals surface area contributed by atoms with Gasteiger partial charge in [0.05, 0.1) is 6.04 Å². The number of hydrogen-bond donors (Lipinski definition) is 1. The predicted molar refractivity (Wildman–Crippen MR) is 72.7 cm³/mol. The number of carbonyl (C=O) groups excluding carboxylic acids is 1. The van der Waals surface area contributed by atoms with E-state index in [4.69, 9.17) is 5.73 Å². The molecule has 1 aliphatic heterocycles. The maximum Gasteiger partial charge on any atom is 0.345 e. The summed E-state index contributed by atoms with van der Waals surface area (Å²) in [6, 6.07) is 10.00. The second-order valence-electron chi connectivity index (χ2n) is 4.67. The van der Waals surface area contributed by atoms with Gasteiger partial charge in [-0.2, -0.15) is 4.99 Å². The highest BCUT2D eigenvalue weighted by Crippen LogP contribution is 2.25. The van der Waals surface area contributed by atoms with Crippen LogP contribution in [0.1, 0.15) is 31.7 Å². The standard InChI is InChI=1S/C14H19N3O/c1-3-17-12(13(15)16-14(17)18)9-10(2)11-7-5-4-6-8-11/h4-8,10,12H,3,9H2,1-2H3,(H2,15,16,18). The third-order valence-corrected chi connectivity index (χ3v) is 3.47. The molecule has 0 aromatic heterocycles. The Labute approximate surface area is 108 Å². The molecule has 96 valence electrons. The summed E-state index contributed by atoms with van der Waals surface area (Å²) in [4.78, 5) is 17.2. The van der Waals surface area contributed by atoms with Crippen LogP contribution in [0.5, 0.6) is 0 Å². The molecule has 2 rings (SSSR count). The molecule has 1 aromatic carbocycles. The maximum atomic E-state index is 11.6. The Kier molecular flexibility index (Phi) is 3.65. The molecule has 1 heterocycles. The quantitative estimate of drug-likeness (QED) is 0.885. The van der Waals surface area contributed by atoms with Gasteiger partial charge in [-0.3, -0.25) is 0 Å². The average Bonchev–Trinajstić information content (AvgIpc) is 2.64. The van der Waals surface area contributed by atoms with E-state index >= 15 is 0 Å². The molecule has 0 saturated heterocycles. The fraction of sp³-hybridized carbons (Fsp3) is 0.429. The first-order chi connectivity index (χ1) is 8.63. The summed E-state index contributed by atoms with van der Waals surface area (Å²) >= 11 is 0. The van der Waals surface area contributed by atoms with E-state index in [9.17, 15) is 4.79 Å². The number of benzene rings is 1. The van der Waals surface area contributed by atoms with Crippen molar-refractivity contribution < 1.29 is 4.79 Å². The lowest BCUT2D eigenvalue weighted by atomic mass is 9.93. The van der Waals surface area contributed by atoms with Crippen LogP contribution in [0.4, 0.5) is 4.79 Å². The highest BCUT2D eigenvalue weighted by Gasteiger charge is 2.33. The van der Waals surface area contributed by atoms with E-state index in [0.717, 1.165) is 6.42 Å². The Morgan fingerprint density at radius 3 is 2.67 bits per heavy atom. The first-order valence-corrected chi connectivity index (χ1v) is 6.33. The molecule has 1 aliphatic rings. The van der Waals surface area contributed by atoms with Crippen molar-refractivity contribution in [3.05, 3.63) is 35.9 Å². The molecule has 2 unspecified atom stereocenters. The number of carbonyl (C=O) groups is 1. The zero-order valence-corrected chi connectivity index (χ0v) is 10.8. The number of amides is 2. The van der Waals surface area contributed by atoms with Crippen molar-refractivity contribution in [2.45, 2.75) is 32.2 Å². The van der Waals surface area contributed by atoms with Crippen molar-refractivity contribution in [1.29, 1.82) is 0 Å². The molecule has 1 aromatic rings. The van der Waals surface area contributed by atoms with Crippen molar-refractivity contribution in [3.8, 4) is 0 Å². The number of aliphatic imine (C=N–C) groups is 1. The number of nitrogens with two attached hydrogens (primary N) is 1. The van der Waals surface area contributed by atoms with Gasteiger partial charge in [0, 0.05) is 6.54 Å². The van der Waals surface area contributed by atoms with E-state index in [0.29, 0.717) is 18.3 Å². The minimum Gasteiger partial charge on any atom is -0.385 e. The molecule has 0 bridgehead atoms. The maximum absolute atomic E-state index is 11.6. The number of hydrogen-bond acceptors (Lipinski definition) is 2. The minimum atomic E-state index is -0.208. The van der Waals surface area contributed by atoms with E-state index in [1.54, 1.807) is 4.90 Å². The lowest BCUT2D eigenvalue weighted by Gasteiger charge is -2.25. The molecule has 2 N–H and O–H groups in total. The average molecular weight is 245 g/mol. The normalized spacial score (nSPS) is 21.0. The van der Waals surface area contributed by atoms with Crippen molar-refractivity contribution in [2.24, 2.45) is 10.7 Å². The molecule has 0 aliphatic carbocycles. The molecule has 0 fully saturated rings. The van der Waals surface area contributed by atoms with E-state index in [1.807, 2.05) is 25.1 Å². The number of amidine groups is 1. The molecule has 4 heteroatoms. The predicted octanol–water partition coefficient (Wildman–Crippen LogP) is 2.36. The molecular formula is C14H19N3O. The minimum absolute atomic E-state index is 0.0577. The molecule has 0 saturated carbocycles. The van der Waals surface area contributed by atoms with Crippen LogP contribution in [-0.2, 0) is 0 Å². The van der Waals surface area contributed by atoms with Crippen molar-refractivity contribution in [3.63, 3.8) is 0 Å². The Bertz CT molecular complexity index is 455. The van der Waals surface area contributed by atoms with Gasteiger partial charge >= 0.3 is 6.03 Å². The third-order valence-electron chi connectivity index (χ3n) is 3.47.